The molecule has 0 spiro atoms. The van der Waals surface area contributed by atoms with Gasteiger partial charge in [0, 0.05) is 53.3 Å². The molecule has 1 aliphatic rings. The van der Waals surface area contributed by atoms with Crippen molar-refractivity contribution in [2.45, 2.75) is 12.3 Å². The van der Waals surface area contributed by atoms with Crippen molar-refractivity contribution in [1.82, 2.24) is 24.5 Å². The highest BCUT2D eigenvalue weighted by Crippen LogP contribution is 2.34. The molecular weight excluding hydrogens is 328 g/mol. The highest BCUT2D eigenvalue weighted by Gasteiger charge is 2.33. The number of hydrogen-bond acceptors (Lipinski definition) is 6. The molecule has 1 aliphatic heterocycles. The molecule has 0 aliphatic carbocycles. The molecule has 4 heterocycles. The number of rotatable bonds is 3. The second kappa shape index (κ2) is 5.51. The van der Waals surface area contributed by atoms with Crippen LogP contribution in [0.3, 0.4) is 0 Å². The van der Waals surface area contributed by atoms with E-state index in [9.17, 15) is 8.42 Å². The van der Waals surface area contributed by atoms with E-state index in [0.29, 0.717) is 25.2 Å². The first-order valence-corrected chi connectivity index (χ1v) is 9.12. The summed E-state index contributed by atoms with van der Waals surface area (Å²) in [6.45, 7) is 0.756. The van der Waals surface area contributed by atoms with Crippen molar-refractivity contribution in [1.29, 1.82) is 5.26 Å². The Hall–Kier alpha value is -2.57. The standard InChI is InChI=1S/C15H14N6O2S/c16-3-6-24(22,23)21-5-2-10(9-21)14-13-11(8-19-20-14)7-18-15-12(13)1-4-17-15/h1,4,7-8,10,20H,2,5-6,9H2. The number of hydrogen-bond donors (Lipinski definition) is 1. The van der Waals surface area contributed by atoms with Gasteiger partial charge in [-0.15, -0.1) is 0 Å². The first-order chi connectivity index (χ1) is 11.6. The van der Waals surface area contributed by atoms with Crippen LogP contribution in [0.2, 0.25) is 0 Å². The lowest BCUT2D eigenvalue weighted by molar-refractivity contribution is 0.475. The lowest BCUT2D eigenvalue weighted by atomic mass is 9.98. The quantitative estimate of drug-likeness (QED) is 0.763. The van der Waals surface area contributed by atoms with E-state index in [1.54, 1.807) is 24.7 Å². The summed E-state index contributed by atoms with van der Waals surface area (Å²) in [5.41, 5.74) is 1.55. The summed E-state index contributed by atoms with van der Waals surface area (Å²) >= 11 is 0. The van der Waals surface area contributed by atoms with E-state index < -0.39 is 15.8 Å². The largest absolute Gasteiger partial charge is 0.282 e. The van der Waals surface area contributed by atoms with Crippen LogP contribution in [0.1, 0.15) is 18.0 Å². The normalized spacial score (nSPS) is 19.0. The fourth-order valence-corrected chi connectivity index (χ4v) is 4.42. The third-order valence-corrected chi connectivity index (χ3v) is 6.03. The van der Waals surface area contributed by atoms with Gasteiger partial charge in [-0.2, -0.15) is 10.4 Å². The maximum absolute atomic E-state index is 12.1. The average molecular weight is 342 g/mol. The van der Waals surface area contributed by atoms with E-state index in [1.807, 2.05) is 6.07 Å². The molecule has 1 atom stereocenters. The molecule has 24 heavy (non-hydrogen) atoms. The summed E-state index contributed by atoms with van der Waals surface area (Å²) in [7, 11) is -3.52. The Bertz CT molecular complexity index is 1070. The fourth-order valence-electron chi connectivity index (χ4n) is 3.29. The molecule has 3 aromatic rings. The van der Waals surface area contributed by atoms with Gasteiger partial charge in [0.2, 0.25) is 10.0 Å². The van der Waals surface area contributed by atoms with Gasteiger partial charge in [0.15, 0.2) is 11.4 Å². The molecule has 1 N–H and O–H groups in total. The Morgan fingerprint density at radius 2 is 2.25 bits per heavy atom. The summed E-state index contributed by atoms with van der Waals surface area (Å²) in [4.78, 5) is 8.54. The molecule has 0 amide bonds. The number of nitriles is 1. The topological polar surface area (TPSA) is 116 Å². The summed E-state index contributed by atoms with van der Waals surface area (Å²) in [5, 5.41) is 18.7. The number of H-pyrrole nitrogens is 1. The second-order valence-electron chi connectivity index (χ2n) is 5.81. The van der Waals surface area contributed by atoms with E-state index in [-0.39, 0.29) is 5.92 Å². The Balaban J connectivity index is 1.78. The van der Waals surface area contributed by atoms with E-state index >= 15 is 0 Å². The van der Waals surface area contributed by atoms with Crippen molar-refractivity contribution >= 4 is 31.8 Å². The number of nitrogens with one attached hydrogen (secondary N) is 1. The van der Waals surface area contributed by atoms with Crippen LogP contribution < -0.4 is 0 Å². The monoisotopic (exact) mass is 342 g/mol. The van der Waals surface area contributed by atoms with Gasteiger partial charge < -0.3 is 0 Å². The predicted molar refractivity (Wildman–Crippen MR) is 87.5 cm³/mol. The molecule has 4 rings (SSSR count). The minimum Gasteiger partial charge on any atom is -0.282 e. The van der Waals surface area contributed by atoms with Crippen molar-refractivity contribution < 1.29 is 8.42 Å². The van der Waals surface area contributed by atoms with E-state index in [1.165, 1.54) is 4.31 Å². The van der Waals surface area contributed by atoms with Gasteiger partial charge in [-0.05, 0) is 12.5 Å². The maximum Gasteiger partial charge on any atom is 0.227 e. The zero-order chi connectivity index (χ0) is 16.7. The number of nitrogens with zero attached hydrogens (tertiary/aromatic N) is 5. The number of fused-ring (bicyclic) bond motifs is 3. The molecule has 0 radical (unpaired) electrons. The van der Waals surface area contributed by atoms with Crippen LogP contribution in [-0.2, 0) is 10.0 Å². The Labute approximate surface area is 138 Å². The van der Waals surface area contributed by atoms with Gasteiger partial charge in [0.05, 0.1) is 12.3 Å². The van der Waals surface area contributed by atoms with Crippen LogP contribution in [-0.4, -0.2) is 51.7 Å². The number of pyridine rings is 1. The van der Waals surface area contributed by atoms with Crippen LogP contribution in [0.5, 0.6) is 0 Å². The minimum atomic E-state index is -3.52. The fraction of sp³-hybridized carbons (Fsp3) is 0.333. The molecule has 0 aromatic carbocycles. The average Bonchev–Trinajstić information content (AvgIpc) is 3.23. The van der Waals surface area contributed by atoms with Gasteiger partial charge in [-0.1, -0.05) is 0 Å². The Morgan fingerprint density at radius 3 is 3.08 bits per heavy atom. The Morgan fingerprint density at radius 1 is 1.38 bits per heavy atom. The van der Waals surface area contributed by atoms with Crippen LogP contribution in [0.25, 0.3) is 21.8 Å². The molecule has 1 saturated heterocycles. The number of sulfonamides is 1. The third kappa shape index (κ3) is 2.31. The molecule has 0 bridgehead atoms. The van der Waals surface area contributed by atoms with Gasteiger partial charge in [0.25, 0.3) is 0 Å². The van der Waals surface area contributed by atoms with Crippen LogP contribution in [0.15, 0.2) is 24.7 Å². The van der Waals surface area contributed by atoms with Crippen molar-refractivity contribution in [2.24, 2.45) is 0 Å². The van der Waals surface area contributed by atoms with Gasteiger partial charge >= 0.3 is 0 Å². The zero-order valence-electron chi connectivity index (χ0n) is 12.7. The smallest absolute Gasteiger partial charge is 0.227 e. The Kier molecular flexibility index (Phi) is 3.44. The van der Waals surface area contributed by atoms with Gasteiger partial charge in [0.1, 0.15) is 0 Å². The van der Waals surface area contributed by atoms with Gasteiger partial charge in [-0.3, -0.25) is 5.10 Å². The summed E-state index contributed by atoms with van der Waals surface area (Å²) in [5.74, 6) is -0.492. The first kappa shape index (κ1) is 15.0. The summed E-state index contributed by atoms with van der Waals surface area (Å²) in [6.07, 6.45) is 5.82. The maximum atomic E-state index is 12.1. The highest BCUT2D eigenvalue weighted by atomic mass is 32.2. The summed E-state index contributed by atoms with van der Waals surface area (Å²) < 4.78 is 25.6. The second-order valence-corrected chi connectivity index (χ2v) is 7.78. The zero-order valence-corrected chi connectivity index (χ0v) is 13.5. The molecule has 3 aromatic heterocycles. The molecule has 8 nitrogen and oxygen atoms in total. The van der Waals surface area contributed by atoms with E-state index in [2.05, 4.69) is 20.2 Å². The molecule has 9 heteroatoms. The molecule has 0 saturated carbocycles. The van der Waals surface area contributed by atoms with Crippen molar-refractivity contribution in [3.8, 4) is 6.07 Å². The van der Waals surface area contributed by atoms with Crippen LogP contribution in [0.4, 0.5) is 0 Å². The van der Waals surface area contributed by atoms with Crippen molar-refractivity contribution in [3.63, 3.8) is 0 Å². The highest BCUT2D eigenvalue weighted by molar-refractivity contribution is 7.89. The SMILES string of the molecule is N#CCS(=O)(=O)N1CCC(c2[nH]ncc3cnc4nccc4c23)C1. The summed E-state index contributed by atoms with van der Waals surface area (Å²) in [6, 6.07) is 3.63. The van der Waals surface area contributed by atoms with Crippen LogP contribution in [0, 0.1) is 11.3 Å². The predicted octanol–water partition coefficient (Wildman–Crippen LogP) is 1.15. The molecule has 1 fully saturated rings. The molecule has 122 valence electrons. The van der Waals surface area contributed by atoms with E-state index in [4.69, 9.17) is 5.26 Å². The first-order valence-electron chi connectivity index (χ1n) is 7.51. The lowest BCUT2D eigenvalue weighted by Gasteiger charge is -2.16. The molecular formula is C15H14N6O2S. The lowest BCUT2D eigenvalue weighted by Crippen LogP contribution is -2.30. The van der Waals surface area contributed by atoms with Crippen molar-refractivity contribution in [3.05, 3.63) is 30.4 Å². The minimum absolute atomic E-state index is 0.00447. The van der Waals surface area contributed by atoms with Crippen LogP contribution >= 0.6 is 0 Å². The van der Waals surface area contributed by atoms with Crippen molar-refractivity contribution in [2.75, 3.05) is 18.8 Å². The molecule has 1 unspecified atom stereocenters. The number of aromatic amines is 1. The van der Waals surface area contributed by atoms with Gasteiger partial charge in [-0.25, -0.2) is 22.7 Å². The third-order valence-electron chi connectivity index (χ3n) is 4.42. The van der Waals surface area contributed by atoms with E-state index in [0.717, 1.165) is 21.9 Å². The number of aromatic nitrogens is 4.